The Bertz CT molecular complexity index is 4570. The third-order valence-corrected chi connectivity index (χ3v) is 13.7. The summed E-state index contributed by atoms with van der Waals surface area (Å²) in [6.45, 7) is 0. The summed E-state index contributed by atoms with van der Waals surface area (Å²) >= 11 is 0. The van der Waals surface area contributed by atoms with Crippen LogP contribution in [0.1, 0.15) is 0 Å². The van der Waals surface area contributed by atoms with Crippen molar-refractivity contribution in [3.05, 3.63) is 212 Å². The number of benzene rings is 10. The van der Waals surface area contributed by atoms with Crippen molar-refractivity contribution in [2.24, 2.45) is 0 Å². The van der Waals surface area contributed by atoms with Crippen LogP contribution in [0.5, 0.6) is 0 Å². The molecule has 7 heteroatoms. The Hall–Kier alpha value is -9.33. The van der Waals surface area contributed by atoms with Crippen molar-refractivity contribution in [2.45, 2.75) is 0 Å². The second-order valence-corrected chi connectivity index (χ2v) is 17.5. The molecule has 68 heavy (non-hydrogen) atoms. The fourth-order valence-corrected chi connectivity index (χ4v) is 10.7. The molecule has 0 amide bonds. The lowest BCUT2D eigenvalue weighted by Gasteiger charge is -2.16. The summed E-state index contributed by atoms with van der Waals surface area (Å²) in [6.07, 6.45) is 0. The first-order valence-corrected chi connectivity index (χ1v) is 22.8. The first-order chi connectivity index (χ1) is 33.7. The van der Waals surface area contributed by atoms with Crippen LogP contribution in [-0.4, -0.2) is 24.1 Å². The van der Waals surface area contributed by atoms with Gasteiger partial charge in [0.15, 0.2) is 17.5 Å². The molecule has 316 valence electrons. The van der Waals surface area contributed by atoms with Gasteiger partial charge >= 0.3 is 0 Å². The molecular formula is C61H35N5O2. The Morgan fingerprint density at radius 2 is 0.853 bits per heavy atom. The molecule has 0 saturated carbocycles. The highest BCUT2D eigenvalue weighted by atomic mass is 16.3. The van der Waals surface area contributed by atoms with E-state index in [1.807, 2.05) is 30.3 Å². The van der Waals surface area contributed by atoms with Crippen LogP contribution < -0.4 is 0 Å². The Kier molecular flexibility index (Phi) is 7.65. The molecule has 15 aromatic rings. The fraction of sp³-hybridized carbons (Fsp3) is 0. The van der Waals surface area contributed by atoms with Crippen LogP contribution in [0.25, 0.3) is 144 Å². The van der Waals surface area contributed by atoms with E-state index in [1.165, 1.54) is 10.8 Å². The number of aromatic nitrogens is 5. The molecule has 0 aliphatic rings. The van der Waals surface area contributed by atoms with Crippen LogP contribution >= 0.6 is 0 Å². The van der Waals surface area contributed by atoms with E-state index in [4.69, 9.17) is 23.8 Å². The lowest BCUT2D eigenvalue weighted by molar-refractivity contribution is 0.668. The molecule has 0 aliphatic carbocycles. The van der Waals surface area contributed by atoms with Gasteiger partial charge in [-0.05, 0) is 102 Å². The number of hydrogen-bond donors (Lipinski definition) is 0. The lowest BCUT2D eigenvalue weighted by Crippen LogP contribution is -2.04. The van der Waals surface area contributed by atoms with Crippen molar-refractivity contribution in [3.8, 4) is 45.5 Å². The van der Waals surface area contributed by atoms with Gasteiger partial charge in [-0.15, -0.1) is 0 Å². The van der Waals surface area contributed by atoms with Gasteiger partial charge in [0.25, 0.3) is 0 Å². The molecule has 0 spiro atoms. The Labute approximate surface area is 387 Å². The second kappa shape index (κ2) is 14.1. The smallest absolute Gasteiger partial charge is 0.166 e. The van der Waals surface area contributed by atoms with Crippen LogP contribution in [0, 0.1) is 0 Å². The van der Waals surface area contributed by atoms with Crippen LogP contribution in [-0.2, 0) is 0 Å². The van der Waals surface area contributed by atoms with Crippen LogP contribution in [0.2, 0.25) is 0 Å². The van der Waals surface area contributed by atoms with Crippen LogP contribution in [0.4, 0.5) is 0 Å². The minimum atomic E-state index is 0.528. The van der Waals surface area contributed by atoms with Gasteiger partial charge in [-0.25, -0.2) is 15.0 Å². The number of fused-ring (bicyclic) bond motifs is 13. The van der Waals surface area contributed by atoms with Gasteiger partial charge in [0.1, 0.15) is 22.3 Å². The van der Waals surface area contributed by atoms with E-state index in [1.54, 1.807) is 0 Å². The normalized spacial score (nSPS) is 12.1. The highest BCUT2D eigenvalue weighted by molar-refractivity contribution is 6.18. The maximum Gasteiger partial charge on any atom is 0.166 e. The highest BCUT2D eigenvalue weighted by Crippen LogP contribution is 2.44. The number of hydrogen-bond acceptors (Lipinski definition) is 5. The predicted molar refractivity (Wildman–Crippen MR) is 277 cm³/mol. The van der Waals surface area contributed by atoms with E-state index >= 15 is 0 Å². The van der Waals surface area contributed by atoms with Gasteiger partial charge in [0.05, 0.1) is 33.3 Å². The van der Waals surface area contributed by atoms with Crippen molar-refractivity contribution in [2.75, 3.05) is 0 Å². The molecule has 15 rings (SSSR count). The molecule has 7 nitrogen and oxygen atoms in total. The number of furan rings is 2. The quantitative estimate of drug-likeness (QED) is 0.172. The molecule has 0 unspecified atom stereocenters. The minimum Gasteiger partial charge on any atom is -0.456 e. The zero-order valence-corrected chi connectivity index (χ0v) is 36.3. The summed E-state index contributed by atoms with van der Waals surface area (Å²) in [7, 11) is 0. The van der Waals surface area contributed by atoms with Crippen LogP contribution in [0.3, 0.4) is 0 Å². The molecular weight excluding hydrogens is 835 g/mol. The summed E-state index contributed by atoms with van der Waals surface area (Å²) < 4.78 is 17.8. The average Bonchev–Trinajstić information content (AvgIpc) is 4.15. The van der Waals surface area contributed by atoms with Gasteiger partial charge in [0, 0.05) is 59.9 Å². The molecule has 5 heterocycles. The number of nitrogens with zero attached hydrogens (tertiary/aromatic N) is 5. The summed E-state index contributed by atoms with van der Waals surface area (Å²) in [5.41, 5.74) is 12.1. The third kappa shape index (κ3) is 5.38. The van der Waals surface area contributed by atoms with Crippen molar-refractivity contribution in [3.63, 3.8) is 0 Å². The molecule has 5 aromatic heterocycles. The summed E-state index contributed by atoms with van der Waals surface area (Å²) in [4.78, 5) is 16.4. The fourth-order valence-electron chi connectivity index (χ4n) is 10.7. The number of para-hydroxylation sites is 5. The van der Waals surface area contributed by atoms with Gasteiger partial charge in [-0.3, -0.25) is 0 Å². The largest absolute Gasteiger partial charge is 0.456 e. The molecule has 0 fully saturated rings. The summed E-state index contributed by atoms with van der Waals surface area (Å²) in [5, 5.41) is 11.0. The summed E-state index contributed by atoms with van der Waals surface area (Å²) in [6, 6.07) is 74.4. The van der Waals surface area contributed by atoms with E-state index in [-0.39, 0.29) is 0 Å². The monoisotopic (exact) mass is 869 g/mol. The first-order valence-electron chi connectivity index (χ1n) is 22.8. The predicted octanol–water partition coefficient (Wildman–Crippen LogP) is 16.0. The Morgan fingerprint density at radius 1 is 0.309 bits per heavy atom. The van der Waals surface area contributed by atoms with Crippen molar-refractivity contribution in [1.29, 1.82) is 0 Å². The van der Waals surface area contributed by atoms with Gasteiger partial charge in [0.2, 0.25) is 0 Å². The van der Waals surface area contributed by atoms with E-state index < -0.39 is 0 Å². The van der Waals surface area contributed by atoms with Gasteiger partial charge < -0.3 is 18.0 Å². The molecule has 0 radical (unpaired) electrons. The minimum absolute atomic E-state index is 0.528. The second-order valence-electron chi connectivity index (χ2n) is 17.5. The third-order valence-electron chi connectivity index (χ3n) is 13.7. The Morgan fingerprint density at radius 3 is 1.63 bits per heavy atom. The van der Waals surface area contributed by atoms with Crippen molar-refractivity contribution >= 4 is 98.3 Å². The molecule has 0 aliphatic heterocycles. The molecule has 10 aromatic carbocycles. The molecule has 0 N–H and O–H groups in total. The van der Waals surface area contributed by atoms with E-state index in [9.17, 15) is 0 Å². The molecule has 0 bridgehead atoms. The lowest BCUT2D eigenvalue weighted by atomic mass is 10.0. The SMILES string of the molecule is c1ccc(-n2c3ccccc3c3cc(-c4nc(-c5ccc6c(c5)oc5ccccc56)nc(-c5c(-n6c7ccccc7c7cc8ccccc8cc76)ccc6oc7ccccc7c56)n4)ccc32)cc1. The van der Waals surface area contributed by atoms with Gasteiger partial charge in [-0.2, -0.15) is 0 Å². The molecule has 0 atom stereocenters. The first kappa shape index (κ1) is 36.9. The van der Waals surface area contributed by atoms with Crippen molar-refractivity contribution in [1.82, 2.24) is 24.1 Å². The molecule has 0 saturated heterocycles. The topological polar surface area (TPSA) is 74.8 Å². The maximum absolute atomic E-state index is 6.66. The van der Waals surface area contributed by atoms with E-state index in [0.717, 1.165) is 116 Å². The standard InChI is InChI=1S/C61H35N5O2/c1-2-16-40(17-3-1)65-48-22-10-6-18-41(48)46-33-38(27-29-50(46)65)59-62-60(39-26-28-44-43-20-8-12-24-53(43)68-56(44)35-39)64-61(63-59)58-51(30-31-55-57(58)45-21-9-13-25-54(45)67-55)66-49-23-11-7-19-42(49)47-32-36-14-4-5-15-37(36)34-52(47)66/h1-35H. The van der Waals surface area contributed by atoms with Crippen LogP contribution in [0.15, 0.2) is 221 Å². The van der Waals surface area contributed by atoms with E-state index in [2.05, 4.69) is 191 Å². The van der Waals surface area contributed by atoms with Gasteiger partial charge in [-0.1, -0.05) is 121 Å². The van der Waals surface area contributed by atoms with Crippen molar-refractivity contribution < 1.29 is 8.83 Å². The highest BCUT2D eigenvalue weighted by Gasteiger charge is 2.25. The summed E-state index contributed by atoms with van der Waals surface area (Å²) in [5.74, 6) is 1.61. The number of rotatable bonds is 5. The Balaban J connectivity index is 1.05. The van der Waals surface area contributed by atoms with E-state index in [0.29, 0.717) is 17.5 Å². The average molecular weight is 870 g/mol. The maximum atomic E-state index is 6.66. The zero-order chi connectivity index (χ0) is 44.5. The zero-order valence-electron chi connectivity index (χ0n) is 36.3.